The number of carbonyl (C=O) groups is 2. The van der Waals surface area contributed by atoms with Crippen LogP contribution >= 0.6 is 0 Å². The number of rotatable bonds is 20. The fourth-order valence-electron chi connectivity index (χ4n) is 7.64. The van der Waals surface area contributed by atoms with Crippen LogP contribution in [0.25, 0.3) is 21.5 Å². The first-order chi connectivity index (χ1) is 38.1. The quantitative estimate of drug-likeness (QED) is 0.0198. The van der Waals surface area contributed by atoms with E-state index in [0.29, 0.717) is 0 Å². The molecule has 0 aliphatic rings. The average Bonchev–Trinajstić information content (AvgIpc) is 3.50. The summed E-state index contributed by atoms with van der Waals surface area (Å²) in [6.45, 7) is 2.55. The van der Waals surface area contributed by atoms with Gasteiger partial charge in [0, 0.05) is 59.9 Å². The zero-order valence-electron chi connectivity index (χ0n) is 41.1. The SMILES string of the molecule is CC(=O)Nc1cc(Nc2nc(F)nc(NCCCNc3nc(F)nc(Nc4ccc(N=Nc5ccc6c(S(=O)(=O)O)cccc6c5S(=O)(=O)O)c(NC(C)=O)c4)n3)n2)ccc1N=Nc1ccc2c(S(=O)(=O)O)cccc2c1S(=O)(=O)O. The van der Waals surface area contributed by atoms with E-state index in [0.717, 1.165) is 48.5 Å². The van der Waals surface area contributed by atoms with Crippen LogP contribution in [-0.2, 0) is 50.1 Å². The first-order valence-electron chi connectivity index (χ1n) is 22.6. The minimum absolute atomic E-state index is 0.00214. The van der Waals surface area contributed by atoms with Crippen molar-refractivity contribution in [1.82, 2.24) is 29.9 Å². The first kappa shape index (κ1) is 57.9. The molecule has 8 rings (SSSR count). The van der Waals surface area contributed by atoms with Crippen molar-refractivity contribution < 1.29 is 70.3 Å². The average molecular weight is 1190 g/mol. The number of hydrogen-bond acceptors (Lipinski definition) is 24. The van der Waals surface area contributed by atoms with E-state index in [1.165, 1.54) is 62.4 Å². The Kier molecular flexibility index (Phi) is 16.6. The summed E-state index contributed by atoms with van der Waals surface area (Å²) in [4.78, 5) is 44.3. The van der Waals surface area contributed by atoms with Crippen LogP contribution < -0.4 is 31.9 Å². The second-order valence-corrected chi connectivity index (χ2v) is 22.1. The van der Waals surface area contributed by atoms with Gasteiger partial charge in [-0.1, -0.05) is 36.4 Å². The highest BCUT2D eigenvalue weighted by Crippen LogP contribution is 2.40. The molecule has 0 bridgehead atoms. The molecule has 36 heteroatoms. The third kappa shape index (κ3) is 14.3. The van der Waals surface area contributed by atoms with Crippen LogP contribution in [0.3, 0.4) is 0 Å². The lowest BCUT2D eigenvalue weighted by atomic mass is 10.1. The Balaban J connectivity index is 0.912. The van der Waals surface area contributed by atoms with Gasteiger partial charge in [-0.15, -0.1) is 20.5 Å². The number of fused-ring (bicyclic) bond motifs is 2. The van der Waals surface area contributed by atoms with Crippen LogP contribution in [0.4, 0.5) is 78.1 Å². The van der Waals surface area contributed by atoms with Gasteiger partial charge in [0.25, 0.3) is 40.5 Å². The molecule has 10 N–H and O–H groups in total. The monoisotopic (exact) mass is 1190 g/mol. The number of anilines is 8. The molecule has 30 nitrogen and oxygen atoms in total. The van der Waals surface area contributed by atoms with Gasteiger partial charge in [0.1, 0.15) is 42.3 Å². The lowest BCUT2D eigenvalue weighted by molar-refractivity contribution is -0.115. The number of nitrogens with one attached hydrogen (secondary N) is 6. The highest BCUT2D eigenvalue weighted by atomic mass is 32.2. The topological polar surface area (TPSA) is 451 Å². The third-order valence-corrected chi connectivity index (χ3v) is 14.5. The normalized spacial score (nSPS) is 12.2. The standard InChI is InChI=1S/C45H38F2N16O14S4/c1-22(64)50-34-20-24(10-14-30(34)60-62-32-16-12-26-28(38(32)80(72,73)74)6-3-8-36(26)78(66,67)68)52-44-56-40(46)54-42(58-44)48-18-5-19-49-43-55-41(47)57-45(59-43)53-25-11-15-31(35(21-25)51-23(2)65)61-63-33-17-13-27-29(39(33)81(75,76)77)7-4-9-37(27)79(69,70)71/h3-4,6-17,20-21H,5,18-19H2,1-2H3,(H,50,64)(H,51,65)(H,66,67,68)(H,69,70,71)(H,72,73,74)(H,75,76,77)(H2,48,52,54,56,58)(H2,49,53,55,57,59). The molecule has 8 aromatic rings. The fraction of sp³-hybridized carbons (Fsp3) is 0.111. The second kappa shape index (κ2) is 23.2. The Bertz CT molecular complexity index is 4130. The summed E-state index contributed by atoms with van der Waals surface area (Å²) in [5.41, 5.74) is -0.630. The number of carbonyl (C=O) groups excluding carboxylic acids is 2. The van der Waals surface area contributed by atoms with Crippen molar-refractivity contribution in [3.8, 4) is 0 Å². The van der Waals surface area contributed by atoms with Gasteiger partial charge in [0.15, 0.2) is 0 Å². The number of hydrogen-bond donors (Lipinski definition) is 10. The molecule has 2 amide bonds. The van der Waals surface area contributed by atoms with Crippen molar-refractivity contribution >= 4 is 143 Å². The number of azo groups is 2. The Morgan fingerprint density at radius 1 is 0.457 bits per heavy atom. The largest absolute Gasteiger partial charge is 0.354 e. The van der Waals surface area contributed by atoms with Crippen LogP contribution in [0, 0.1) is 12.2 Å². The van der Waals surface area contributed by atoms with E-state index in [-0.39, 0.29) is 99.0 Å². The van der Waals surface area contributed by atoms with Gasteiger partial charge in [0.05, 0.1) is 11.4 Å². The van der Waals surface area contributed by atoms with Gasteiger partial charge in [-0.2, -0.15) is 72.4 Å². The summed E-state index contributed by atoms with van der Waals surface area (Å²) in [7, 11) is -19.8. The molecule has 0 radical (unpaired) electrons. The second-order valence-electron chi connectivity index (χ2n) is 16.6. The van der Waals surface area contributed by atoms with Crippen molar-refractivity contribution in [3.05, 3.63) is 109 Å². The summed E-state index contributed by atoms with van der Waals surface area (Å²) in [6.07, 6.45) is -2.14. The molecule has 0 unspecified atom stereocenters. The highest BCUT2D eigenvalue weighted by Gasteiger charge is 2.26. The van der Waals surface area contributed by atoms with E-state index in [9.17, 15) is 70.3 Å². The summed E-state index contributed by atoms with van der Waals surface area (Å²) in [5, 5.41) is 31.1. The highest BCUT2D eigenvalue weighted by molar-refractivity contribution is 7.87. The maximum atomic E-state index is 14.7. The molecule has 2 aromatic heterocycles. The Hall–Kier alpha value is -9.30. The molecule has 2 heterocycles. The van der Waals surface area contributed by atoms with Gasteiger partial charge in [0.2, 0.25) is 35.6 Å². The molecule has 6 aromatic carbocycles. The summed E-state index contributed by atoms with van der Waals surface area (Å²) < 4.78 is 167. The van der Waals surface area contributed by atoms with E-state index < -0.39 is 95.4 Å². The van der Waals surface area contributed by atoms with Gasteiger partial charge in [-0.25, -0.2) is 0 Å². The van der Waals surface area contributed by atoms with Gasteiger partial charge in [-0.3, -0.25) is 27.8 Å². The first-order valence-corrected chi connectivity index (χ1v) is 28.4. The van der Waals surface area contributed by atoms with Crippen molar-refractivity contribution in [2.75, 3.05) is 45.0 Å². The van der Waals surface area contributed by atoms with Crippen molar-refractivity contribution in [1.29, 1.82) is 0 Å². The minimum Gasteiger partial charge on any atom is -0.354 e. The predicted molar refractivity (Wildman–Crippen MR) is 285 cm³/mol. The number of halogens is 2. The molecular weight excluding hydrogens is 1150 g/mol. The zero-order chi connectivity index (χ0) is 58.6. The Labute approximate surface area is 455 Å². The molecule has 0 atom stereocenters. The molecule has 0 saturated heterocycles. The number of benzene rings is 6. The summed E-state index contributed by atoms with van der Waals surface area (Å²) in [5.74, 6) is -2.19. The Morgan fingerprint density at radius 2 is 0.815 bits per heavy atom. The van der Waals surface area contributed by atoms with Crippen molar-refractivity contribution in [3.63, 3.8) is 0 Å². The van der Waals surface area contributed by atoms with Crippen LogP contribution in [0.5, 0.6) is 0 Å². The lowest BCUT2D eigenvalue weighted by Gasteiger charge is -2.12. The van der Waals surface area contributed by atoms with E-state index in [1.54, 1.807) is 0 Å². The van der Waals surface area contributed by atoms with Crippen molar-refractivity contribution in [2.24, 2.45) is 20.5 Å². The molecule has 0 saturated carbocycles. The van der Waals surface area contributed by atoms with E-state index in [2.05, 4.69) is 82.3 Å². The summed E-state index contributed by atoms with van der Waals surface area (Å²) in [6, 6.07) is 19.2. The van der Waals surface area contributed by atoms with E-state index in [1.807, 2.05) is 0 Å². The van der Waals surface area contributed by atoms with Crippen LogP contribution in [-0.4, -0.2) is 107 Å². The molecule has 0 spiro atoms. The van der Waals surface area contributed by atoms with Gasteiger partial charge >= 0.3 is 12.2 Å². The molecule has 0 fully saturated rings. The van der Waals surface area contributed by atoms with E-state index in [4.69, 9.17) is 0 Å². The molecule has 0 aliphatic heterocycles. The van der Waals surface area contributed by atoms with Crippen LogP contribution in [0.2, 0.25) is 0 Å². The smallest absolute Gasteiger partial charge is 0.315 e. The number of amides is 2. The number of nitrogens with zero attached hydrogens (tertiary/aromatic N) is 10. The molecule has 420 valence electrons. The van der Waals surface area contributed by atoms with Gasteiger partial charge in [-0.05, 0) is 67.1 Å². The van der Waals surface area contributed by atoms with Gasteiger partial charge < -0.3 is 31.9 Å². The third-order valence-electron chi connectivity index (χ3n) is 10.8. The van der Waals surface area contributed by atoms with Crippen molar-refractivity contribution in [2.45, 2.75) is 39.9 Å². The Morgan fingerprint density at radius 3 is 1.17 bits per heavy atom. The van der Waals surface area contributed by atoms with E-state index >= 15 is 0 Å². The number of aromatic nitrogens is 6. The maximum absolute atomic E-state index is 14.7. The fourth-order valence-corrected chi connectivity index (χ4v) is 10.7. The minimum atomic E-state index is -5.08. The zero-order valence-corrected chi connectivity index (χ0v) is 44.4. The summed E-state index contributed by atoms with van der Waals surface area (Å²) >= 11 is 0. The maximum Gasteiger partial charge on any atom is 0.315 e. The molecule has 0 aliphatic carbocycles. The lowest BCUT2D eigenvalue weighted by Crippen LogP contribution is -2.14. The molecule has 81 heavy (non-hydrogen) atoms. The molecular formula is C45H38F2N16O14S4. The predicted octanol–water partition coefficient (Wildman–Crippen LogP) is 7.78. The van der Waals surface area contributed by atoms with Crippen LogP contribution in [0.15, 0.2) is 137 Å². The van der Waals surface area contributed by atoms with Crippen LogP contribution in [0.1, 0.15) is 20.3 Å².